The summed E-state index contributed by atoms with van der Waals surface area (Å²) in [6, 6.07) is 7.50. The summed E-state index contributed by atoms with van der Waals surface area (Å²) in [5, 5.41) is 3.40. The van der Waals surface area contributed by atoms with E-state index in [9.17, 15) is 9.59 Å². The van der Waals surface area contributed by atoms with E-state index in [2.05, 4.69) is 5.32 Å². The number of benzene rings is 1. The Morgan fingerprint density at radius 3 is 2.70 bits per heavy atom. The summed E-state index contributed by atoms with van der Waals surface area (Å²) in [6.45, 7) is -0.150. The highest BCUT2D eigenvalue weighted by atomic mass is 35.5. The van der Waals surface area contributed by atoms with Crippen LogP contribution in [0.15, 0.2) is 41.3 Å². The molecule has 0 spiro atoms. The lowest BCUT2D eigenvalue weighted by molar-refractivity contribution is -0.116. The number of anilines is 2. The van der Waals surface area contributed by atoms with Crippen LogP contribution >= 0.6 is 23.2 Å². The van der Waals surface area contributed by atoms with Crippen molar-refractivity contribution in [1.29, 1.82) is 0 Å². The molecule has 7 heteroatoms. The summed E-state index contributed by atoms with van der Waals surface area (Å²) in [5.41, 5.74) is 6.09. The maximum Gasteiger partial charge on any atom is 0.251 e. The molecular formula is C13H11Cl2N3O2. The van der Waals surface area contributed by atoms with Crippen molar-refractivity contribution in [2.24, 2.45) is 0 Å². The summed E-state index contributed by atoms with van der Waals surface area (Å²) >= 11 is 11.7. The number of nitrogens with one attached hydrogen (secondary N) is 1. The molecule has 20 heavy (non-hydrogen) atoms. The Kier molecular flexibility index (Phi) is 4.32. The zero-order valence-corrected chi connectivity index (χ0v) is 11.8. The van der Waals surface area contributed by atoms with Crippen LogP contribution < -0.4 is 16.6 Å². The van der Waals surface area contributed by atoms with Crippen LogP contribution in [0.2, 0.25) is 10.0 Å². The zero-order chi connectivity index (χ0) is 14.7. The lowest BCUT2D eigenvalue weighted by atomic mass is 10.3. The molecular weight excluding hydrogens is 301 g/mol. The van der Waals surface area contributed by atoms with Gasteiger partial charge in [-0.3, -0.25) is 9.59 Å². The molecule has 0 saturated carbocycles. The summed E-state index contributed by atoms with van der Waals surface area (Å²) in [6.07, 6.45) is 1.41. The number of hydrogen-bond donors (Lipinski definition) is 2. The molecule has 1 aromatic carbocycles. The van der Waals surface area contributed by atoms with E-state index in [4.69, 9.17) is 28.9 Å². The van der Waals surface area contributed by atoms with Crippen LogP contribution in [0.4, 0.5) is 11.4 Å². The van der Waals surface area contributed by atoms with Crippen molar-refractivity contribution in [3.05, 3.63) is 56.9 Å². The second kappa shape index (κ2) is 5.98. The van der Waals surface area contributed by atoms with Crippen molar-refractivity contribution in [2.45, 2.75) is 6.54 Å². The summed E-state index contributed by atoms with van der Waals surface area (Å²) < 4.78 is 1.22. The summed E-state index contributed by atoms with van der Waals surface area (Å²) in [7, 11) is 0. The predicted octanol–water partition coefficient (Wildman–Crippen LogP) is 2.38. The zero-order valence-electron chi connectivity index (χ0n) is 10.3. The van der Waals surface area contributed by atoms with Gasteiger partial charge in [0, 0.05) is 23.0 Å². The van der Waals surface area contributed by atoms with Gasteiger partial charge in [-0.15, -0.1) is 0 Å². The third-order valence-electron chi connectivity index (χ3n) is 2.53. The van der Waals surface area contributed by atoms with Crippen LogP contribution in [0.1, 0.15) is 0 Å². The van der Waals surface area contributed by atoms with E-state index in [0.29, 0.717) is 21.4 Å². The van der Waals surface area contributed by atoms with Gasteiger partial charge in [0.05, 0.1) is 10.7 Å². The third kappa shape index (κ3) is 3.53. The van der Waals surface area contributed by atoms with Crippen LogP contribution in [-0.2, 0) is 11.3 Å². The molecule has 0 bridgehead atoms. The van der Waals surface area contributed by atoms with Gasteiger partial charge in [0.1, 0.15) is 6.54 Å². The van der Waals surface area contributed by atoms with Gasteiger partial charge < -0.3 is 15.6 Å². The number of nitrogen functional groups attached to an aromatic ring is 1. The SMILES string of the molecule is Nc1ccc(=O)n(CC(=O)Nc2ccc(Cl)cc2Cl)c1. The van der Waals surface area contributed by atoms with Crippen LogP contribution in [0, 0.1) is 0 Å². The molecule has 0 fully saturated rings. The van der Waals surface area contributed by atoms with Crippen molar-refractivity contribution in [3.8, 4) is 0 Å². The summed E-state index contributed by atoms with van der Waals surface area (Å²) in [5.74, 6) is -0.387. The topological polar surface area (TPSA) is 77.1 Å². The average molecular weight is 312 g/mol. The third-order valence-corrected chi connectivity index (χ3v) is 3.07. The first kappa shape index (κ1) is 14.4. The highest BCUT2D eigenvalue weighted by Crippen LogP contribution is 2.25. The lowest BCUT2D eigenvalue weighted by Gasteiger charge is -2.09. The lowest BCUT2D eigenvalue weighted by Crippen LogP contribution is -2.27. The largest absolute Gasteiger partial charge is 0.398 e. The maximum atomic E-state index is 11.9. The van der Waals surface area contributed by atoms with Gasteiger partial charge in [-0.2, -0.15) is 0 Å². The highest BCUT2D eigenvalue weighted by molar-refractivity contribution is 6.36. The number of pyridine rings is 1. The van der Waals surface area contributed by atoms with Gasteiger partial charge in [0.25, 0.3) is 5.56 Å². The minimum absolute atomic E-state index is 0.150. The number of carbonyl (C=O) groups is 1. The number of carbonyl (C=O) groups excluding carboxylic acids is 1. The Labute approximate surface area is 124 Å². The number of nitrogens with zero attached hydrogens (tertiary/aromatic N) is 1. The smallest absolute Gasteiger partial charge is 0.251 e. The molecule has 5 nitrogen and oxygen atoms in total. The van der Waals surface area contributed by atoms with Gasteiger partial charge in [0.2, 0.25) is 5.91 Å². The number of halogens is 2. The molecule has 0 radical (unpaired) electrons. The Bertz CT molecular complexity index is 713. The van der Waals surface area contributed by atoms with E-state index >= 15 is 0 Å². The van der Waals surface area contributed by atoms with Crippen molar-refractivity contribution in [3.63, 3.8) is 0 Å². The predicted molar refractivity (Wildman–Crippen MR) is 80.2 cm³/mol. The average Bonchev–Trinajstić information content (AvgIpc) is 2.37. The van der Waals surface area contributed by atoms with Gasteiger partial charge in [0.15, 0.2) is 0 Å². The molecule has 3 N–H and O–H groups in total. The highest BCUT2D eigenvalue weighted by Gasteiger charge is 2.08. The van der Waals surface area contributed by atoms with Crippen LogP contribution in [0.5, 0.6) is 0 Å². The molecule has 104 valence electrons. The fourth-order valence-corrected chi connectivity index (χ4v) is 2.06. The molecule has 0 aliphatic heterocycles. The van der Waals surface area contributed by atoms with E-state index in [1.54, 1.807) is 12.1 Å². The van der Waals surface area contributed by atoms with E-state index in [1.807, 2.05) is 0 Å². The van der Waals surface area contributed by atoms with E-state index in [-0.39, 0.29) is 18.0 Å². The molecule has 1 aromatic heterocycles. The van der Waals surface area contributed by atoms with Crippen LogP contribution in [0.25, 0.3) is 0 Å². The molecule has 0 aliphatic rings. The van der Waals surface area contributed by atoms with Crippen LogP contribution in [0.3, 0.4) is 0 Å². The molecule has 0 atom stereocenters. The van der Waals surface area contributed by atoms with Crippen molar-refractivity contribution >= 4 is 40.5 Å². The van der Waals surface area contributed by atoms with E-state index in [1.165, 1.54) is 29.0 Å². The molecule has 0 unspecified atom stereocenters. The summed E-state index contributed by atoms with van der Waals surface area (Å²) in [4.78, 5) is 23.4. The van der Waals surface area contributed by atoms with E-state index < -0.39 is 0 Å². The number of nitrogens with two attached hydrogens (primary N) is 1. The van der Waals surface area contributed by atoms with Gasteiger partial charge in [-0.05, 0) is 24.3 Å². The number of amides is 1. The molecule has 0 saturated heterocycles. The molecule has 0 aliphatic carbocycles. The van der Waals surface area contributed by atoms with Crippen molar-refractivity contribution in [2.75, 3.05) is 11.1 Å². The van der Waals surface area contributed by atoms with Crippen molar-refractivity contribution < 1.29 is 4.79 Å². The van der Waals surface area contributed by atoms with Crippen molar-refractivity contribution in [1.82, 2.24) is 4.57 Å². The first-order chi connectivity index (χ1) is 9.45. The quantitative estimate of drug-likeness (QED) is 0.913. The minimum Gasteiger partial charge on any atom is -0.398 e. The Morgan fingerprint density at radius 1 is 1.25 bits per heavy atom. The Balaban J connectivity index is 2.13. The Morgan fingerprint density at radius 2 is 2.00 bits per heavy atom. The van der Waals surface area contributed by atoms with Gasteiger partial charge in [-0.1, -0.05) is 23.2 Å². The number of rotatable bonds is 3. The molecule has 2 aromatic rings. The molecule has 1 heterocycles. The maximum absolute atomic E-state index is 11.9. The van der Waals surface area contributed by atoms with Gasteiger partial charge >= 0.3 is 0 Å². The molecule has 1 amide bonds. The fraction of sp³-hybridized carbons (Fsp3) is 0.0769. The first-order valence-electron chi connectivity index (χ1n) is 5.66. The molecule has 2 rings (SSSR count). The van der Waals surface area contributed by atoms with Gasteiger partial charge in [-0.25, -0.2) is 0 Å². The minimum atomic E-state index is -0.387. The number of aromatic nitrogens is 1. The van der Waals surface area contributed by atoms with E-state index in [0.717, 1.165) is 0 Å². The Hall–Kier alpha value is -1.98. The second-order valence-corrected chi connectivity index (χ2v) is 4.94. The normalized spacial score (nSPS) is 10.3. The monoisotopic (exact) mass is 311 g/mol. The first-order valence-corrected chi connectivity index (χ1v) is 6.42. The number of hydrogen-bond acceptors (Lipinski definition) is 3. The van der Waals surface area contributed by atoms with Crippen LogP contribution in [-0.4, -0.2) is 10.5 Å². The second-order valence-electron chi connectivity index (χ2n) is 4.10. The fourth-order valence-electron chi connectivity index (χ4n) is 1.61. The standard InChI is InChI=1S/C13H11Cl2N3O2/c14-8-1-3-11(10(15)5-8)17-12(19)7-18-6-9(16)2-4-13(18)20/h1-6H,7,16H2,(H,17,19).